The SMILES string of the molecule is CCCCc1cc2ccccc2cc(C(=O)OCC)c1=O. The molecule has 0 spiro atoms. The molecule has 0 aliphatic rings. The molecule has 0 N–H and O–H groups in total. The Morgan fingerprint density at radius 3 is 2.38 bits per heavy atom. The van der Waals surface area contributed by atoms with Crippen molar-refractivity contribution in [1.82, 2.24) is 0 Å². The number of esters is 1. The van der Waals surface area contributed by atoms with Crippen molar-refractivity contribution < 1.29 is 9.53 Å². The van der Waals surface area contributed by atoms with E-state index in [1.807, 2.05) is 30.3 Å². The van der Waals surface area contributed by atoms with E-state index in [4.69, 9.17) is 4.74 Å². The zero-order valence-electron chi connectivity index (χ0n) is 12.5. The van der Waals surface area contributed by atoms with E-state index in [0.717, 1.165) is 23.6 Å². The van der Waals surface area contributed by atoms with Crippen LogP contribution in [0.25, 0.3) is 10.8 Å². The van der Waals surface area contributed by atoms with E-state index in [1.165, 1.54) is 0 Å². The third-order valence-corrected chi connectivity index (χ3v) is 3.46. The average molecular weight is 284 g/mol. The number of hydrogen-bond donors (Lipinski definition) is 0. The molecule has 21 heavy (non-hydrogen) atoms. The van der Waals surface area contributed by atoms with Crippen LogP contribution in [0.4, 0.5) is 0 Å². The Labute approximate surface area is 124 Å². The number of ether oxygens (including phenoxy) is 1. The highest BCUT2D eigenvalue weighted by Gasteiger charge is 2.14. The molecule has 0 atom stereocenters. The first-order valence-electron chi connectivity index (χ1n) is 7.40. The normalized spacial score (nSPS) is 10.6. The maximum atomic E-state index is 12.6. The van der Waals surface area contributed by atoms with Gasteiger partial charge in [0.2, 0.25) is 0 Å². The Bertz CT molecular complexity index is 704. The Morgan fingerprint density at radius 1 is 1.10 bits per heavy atom. The van der Waals surface area contributed by atoms with E-state index in [1.54, 1.807) is 13.0 Å². The van der Waals surface area contributed by atoms with Gasteiger partial charge in [0.05, 0.1) is 6.61 Å². The van der Waals surface area contributed by atoms with Crippen LogP contribution in [-0.2, 0) is 11.2 Å². The summed E-state index contributed by atoms with van der Waals surface area (Å²) in [5, 5.41) is 1.84. The summed E-state index contributed by atoms with van der Waals surface area (Å²) in [6.45, 7) is 4.08. The molecule has 0 amide bonds. The second kappa shape index (κ2) is 7.02. The molecule has 0 radical (unpaired) electrons. The van der Waals surface area contributed by atoms with Gasteiger partial charge in [-0.25, -0.2) is 4.79 Å². The molecule has 3 nitrogen and oxygen atoms in total. The van der Waals surface area contributed by atoms with Crippen LogP contribution in [0.5, 0.6) is 0 Å². The van der Waals surface area contributed by atoms with Gasteiger partial charge in [-0.05, 0) is 42.7 Å². The largest absolute Gasteiger partial charge is 0.462 e. The zero-order valence-corrected chi connectivity index (χ0v) is 12.5. The Hall–Kier alpha value is -2.16. The number of carbonyl (C=O) groups excluding carboxylic acids is 1. The van der Waals surface area contributed by atoms with Crippen LogP contribution >= 0.6 is 0 Å². The van der Waals surface area contributed by atoms with E-state index in [-0.39, 0.29) is 17.6 Å². The van der Waals surface area contributed by atoms with Gasteiger partial charge in [0.25, 0.3) is 0 Å². The highest BCUT2D eigenvalue weighted by molar-refractivity contribution is 5.94. The molecular formula is C18H20O3. The fourth-order valence-corrected chi connectivity index (χ4v) is 2.33. The number of fused-ring (bicyclic) bond motifs is 1. The fraction of sp³-hybridized carbons (Fsp3) is 0.333. The van der Waals surface area contributed by atoms with Gasteiger partial charge in [-0.15, -0.1) is 0 Å². The van der Waals surface area contributed by atoms with Crippen molar-refractivity contribution >= 4 is 16.7 Å². The molecule has 0 aliphatic heterocycles. The lowest BCUT2D eigenvalue weighted by Gasteiger charge is -2.00. The summed E-state index contributed by atoms with van der Waals surface area (Å²) in [5.41, 5.74) is 0.600. The van der Waals surface area contributed by atoms with E-state index in [2.05, 4.69) is 6.92 Å². The minimum Gasteiger partial charge on any atom is -0.462 e. The molecule has 0 saturated carbocycles. The molecule has 2 rings (SSSR count). The lowest BCUT2D eigenvalue weighted by atomic mass is 10.1. The molecule has 0 heterocycles. The Morgan fingerprint density at radius 2 is 1.76 bits per heavy atom. The van der Waals surface area contributed by atoms with Crippen LogP contribution in [0.3, 0.4) is 0 Å². The first-order chi connectivity index (χ1) is 10.2. The lowest BCUT2D eigenvalue weighted by molar-refractivity contribution is 0.0525. The number of benzene rings is 1. The standard InChI is InChI=1S/C18H20O3/c1-3-5-8-15-11-13-9-6-7-10-14(13)12-16(17(15)19)18(20)21-4-2/h6-7,9-12H,3-5,8H2,1-2H3. The first kappa shape index (κ1) is 15.2. The fourth-order valence-electron chi connectivity index (χ4n) is 2.33. The molecule has 0 fully saturated rings. The van der Waals surface area contributed by atoms with Gasteiger partial charge in [-0.1, -0.05) is 37.6 Å². The number of unbranched alkanes of at least 4 members (excludes halogenated alkanes) is 1. The molecule has 0 aliphatic carbocycles. The van der Waals surface area contributed by atoms with Gasteiger partial charge < -0.3 is 4.74 Å². The van der Waals surface area contributed by atoms with Gasteiger partial charge in [0.15, 0.2) is 5.43 Å². The number of hydrogen-bond acceptors (Lipinski definition) is 3. The molecule has 2 aromatic carbocycles. The molecule has 0 aromatic heterocycles. The van der Waals surface area contributed by atoms with Crippen LogP contribution in [0, 0.1) is 0 Å². The zero-order chi connectivity index (χ0) is 15.2. The van der Waals surface area contributed by atoms with Crippen molar-refractivity contribution in [2.45, 2.75) is 33.1 Å². The quantitative estimate of drug-likeness (QED) is 0.786. The molecule has 0 bridgehead atoms. The highest BCUT2D eigenvalue weighted by Crippen LogP contribution is 2.15. The first-order valence-corrected chi connectivity index (χ1v) is 7.40. The third-order valence-electron chi connectivity index (χ3n) is 3.46. The van der Waals surface area contributed by atoms with Crippen molar-refractivity contribution in [3.63, 3.8) is 0 Å². The van der Waals surface area contributed by atoms with E-state index < -0.39 is 5.97 Å². The Kier molecular flexibility index (Phi) is 5.09. The molecule has 0 unspecified atom stereocenters. The molecule has 0 saturated heterocycles. The summed E-state index contributed by atoms with van der Waals surface area (Å²) in [5.74, 6) is -0.540. The van der Waals surface area contributed by atoms with Crippen molar-refractivity contribution in [2.24, 2.45) is 0 Å². The summed E-state index contributed by atoms with van der Waals surface area (Å²) >= 11 is 0. The molecule has 110 valence electrons. The van der Waals surface area contributed by atoms with E-state index in [9.17, 15) is 9.59 Å². The minimum atomic E-state index is -0.540. The summed E-state index contributed by atoms with van der Waals surface area (Å²) < 4.78 is 5.02. The highest BCUT2D eigenvalue weighted by atomic mass is 16.5. The summed E-state index contributed by atoms with van der Waals surface area (Å²) in [6.07, 6.45) is 2.61. The van der Waals surface area contributed by atoms with Crippen LogP contribution < -0.4 is 5.43 Å². The Balaban J connectivity index is 2.68. The second-order valence-electron chi connectivity index (χ2n) is 5.01. The van der Waals surface area contributed by atoms with E-state index in [0.29, 0.717) is 12.0 Å². The summed E-state index contributed by atoms with van der Waals surface area (Å²) in [4.78, 5) is 24.7. The molecular weight excluding hydrogens is 264 g/mol. The average Bonchev–Trinajstić information content (AvgIpc) is 2.63. The van der Waals surface area contributed by atoms with Gasteiger partial charge >= 0.3 is 5.97 Å². The molecule has 2 aromatic rings. The number of carbonyl (C=O) groups is 1. The van der Waals surface area contributed by atoms with Gasteiger partial charge in [0, 0.05) is 5.56 Å². The maximum absolute atomic E-state index is 12.6. The van der Waals surface area contributed by atoms with Crippen LogP contribution in [0.15, 0.2) is 41.2 Å². The van der Waals surface area contributed by atoms with Crippen LogP contribution in [-0.4, -0.2) is 12.6 Å². The lowest BCUT2D eigenvalue weighted by Crippen LogP contribution is -2.18. The predicted molar refractivity (Wildman–Crippen MR) is 84.8 cm³/mol. The van der Waals surface area contributed by atoms with Crippen molar-refractivity contribution in [1.29, 1.82) is 0 Å². The summed E-state index contributed by atoms with van der Waals surface area (Å²) in [7, 11) is 0. The van der Waals surface area contributed by atoms with Crippen molar-refractivity contribution in [3.05, 3.63) is 57.7 Å². The van der Waals surface area contributed by atoms with Crippen molar-refractivity contribution in [2.75, 3.05) is 6.61 Å². The number of aryl methyl sites for hydroxylation is 1. The third kappa shape index (κ3) is 3.48. The van der Waals surface area contributed by atoms with Crippen molar-refractivity contribution in [3.8, 4) is 0 Å². The maximum Gasteiger partial charge on any atom is 0.342 e. The second-order valence-corrected chi connectivity index (χ2v) is 5.01. The monoisotopic (exact) mass is 284 g/mol. The minimum absolute atomic E-state index is 0.129. The predicted octanol–water partition coefficient (Wildman–Crippen LogP) is 3.72. The van der Waals surface area contributed by atoms with Gasteiger partial charge in [-0.2, -0.15) is 0 Å². The number of rotatable bonds is 5. The van der Waals surface area contributed by atoms with Crippen LogP contribution in [0.2, 0.25) is 0 Å². The topological polar surface area (TPSA) is 43.4 Å². The van der Waals surface area contributed by atoms with E-state index >= 15 is 0 Å². The van der Waals surface area contributed by atoms with Gasteiger partial charge in [0.1, 0.15) is 5.56 Å². The van der Waals surface area contributed by atoms with Crippen LogP contribution in [0.1, 0.15) is 42.6 Å². The smallest absolute Gasteiger partial charge is 0.342 e. The summed E-state index contributed by atoms with van der Waals surface area (Å²) in [6, 6.07) is 11.2. The van der Waals surface area contributed by atoms with Gasteiger partial charge in [-0.3, -0.25) is 4.79 Å². The molecule has 3 heteroatoms.